The molecule has 2 aromatic heterocycles. The second-order valence-electron chi connectivity index (χ2n) is 7.56. The van der Waals surface area contributed by atoms with E-state index in [-0.39, 0.29) is 5.54 Å². The van der Waals surface area contributed by atoms with Crippen molar-refractivity contribution in [3.05, 3.63) is 41.4 Å². The van der Waals surface area contributed by atoms with Crippen molar-refractivity contribution in [3.63, 3.8) is 0 Å². The number of carbonyl (C=O) groups is 1. The number of imidazole rings is 1. The fourth-order valence-electron chi connectivity index (χ4n) is 2.75. The van der Waals surface area contributed by atoms with Gasteiger partial charge in [0.1, 0.15) is 5.65 Å². The molecule has 6 nitrogen and oxygen atoms in total. The third-order valence-corrected chi connectivity index (χ3v) is 4.17. The van der Waals surface area contributed by atoms with Gasteiger partial charge in [-0.15, -0.1) is 0 Å². The summed E-state index contributed by atoms with van der Waals surface area (Å²) in [6, 6.07) is 3.89. The van der Waals surface area contributed by atoms with E-state index in [0.717, 1.165) is 36.3 Å². The number of unbranched alkanes of at least 4 members (excludes halogenated alkanes) is 2. The van der Waals surface area contributed by atoms with Gasteiger partial charge in [-0.25, -0.2) is 10.5 Å². The monoisotopic (exact) mass is 358 g/mol. The van der Waals surface area contributed by atoms with Crippen LogP contribution in [0.3, 0.4) is 0 Å². The van der Waals surface area contributed by atoms with Crippen molar-refractivity contribution < 1.29 is 10.0 Å². The predicted octanol–water partition coefficient (Wildman–Crippen LogP) is 3.47. The molecule has 0 aromatic carbocycles. The van der Waals surface area contributed by atoms with Gasteiger partial charge in [-0.2, -0.15) is 0 Å². The molecular formula is C20H30N4O2. The summed E-state index contributed by atoms with van der Waals surface area (Å²) in [5.74, 6) is -0.552. The number of amides is 1. The average Bonchev–Trinajstić information content (AvgIpc) is 2.94. The zero-order valence-electron chi connectivity index (χ0n) is 16.2. The number of nitrogens with one attached hydrogen (secondary N) is 2. The molecular weight excluding hydrogens is 328 g/mol. The molecule has 0 unspecified atom stereocenters. The lowest BCUT2D eigenvalue weighted by atomic mass is 10.1. The van der Waals surface area contributed by atoms with Gasteiger partial charge in [0.15, 0.2) is 0 Å². The van der Waals surface area contributed by atoms with E-state index in [1.165, 1.54) is 24.6 Å². The van der Waals surface area contributed by atoms with Crippen molar-refractivity contribution in [2.75, 3.05) is 0 Å². The summed E-state index contributed by atoms with van der Waals surface area (Å²) in [6.07, 6.45) is 9.42. The molecule has 26 heavy (non-hydrogen) atoms. The van der Waals surface area contributed by atoms with Gasteiger partial charge in [-0.1, -0.05) is 19.8 Å². The van der Waals surface area contributed by atoms with Gasteiger partial charge in [-0.3, -0.25) is 10.0 Å². The number of carbonyl (C=O) groups excluding carboxylic acids is 1. The van der Waals surface area contributed by atoms with Crippen LogP contribution in [-0.2, 0) is 17.8 Å². The summed E-state index contributed by atoms with van der Waals surface area (Å²) < 4.78 is 2.11. The van der Waals surface area contributed by atoms with Gasteiger partial charge in [0.25, 0.3) is 5.91 Å². The maximum absolute atomic E-state index is 11.2. The lowest BCUT2D eigenvalue weighted by Crippen LogP contribution is -2.35. The Balaban J connectivity index is 2.33. The number of aromatic nitrogens is 2. The Kier molecular flexibility index (Phi) is 6.94. The molecule has 6 heteroatoms. The van der Waals surface area contributed by atoms with Crippen molar-refractivity contribution in [3.8, 4) is 0 Å². The minimum Gasteiger partial charge on any atom is -0.306 e. The molecule has 0 saturated heterocycles. The summed E-state index contributed by atoms with van der Waals surface area (Å²) in [4.78, 5) is 16.0. The second kappa shape index (κ2) is 8.96. The highest BCUT2D eigenvalue weighted by Crippen LogP contribution is 2.18. The maximum Gasteiger partial charge on any atom is 0.267 e. The lowest BCUT2D eigenvalue weighted by molar-refractivity contribution is -0.124. The number of nitrogens with zero attached hydrogens (tertiary/aromatic N) is 2. The van der Waals surface area contributed by atoms with Crippen LogP contribution < -0.4 is 10.8 Å². The van der Waals surface area contributed by atoms with Gasteiger partial charge in [-0.05, 0) is 57.4 Å². The second-order valence-corrected chi connectivity index (χ2v) is 7.56. The SMILES string of the molecule is CCCCCc1nc2cc(/C=C/C(=O)NO)ccn2c1CNC(C)(C)C. The molecule has 2 rings (SSSR count). The van der Waals surface area contributed by atoms with Crippen LogP contribution in [-0.4, -0.2) is 26.0 Å². The van der Waals surface area contributed by atoms with E-state index in [4.69, 9.17) is 10.2 Å². The third kappa shape index (κ3) is 5.68. The van der Waals surface area contributed by atoms with Crippen molar-refractivity contribution in [1.29, 1.82) is 0 Å². The number of fused-ring (bicyclic) bond motifs is 1. The molecule has 0 radical (unpaired) electrons. The van der Waals surface area contributed by atoms with E-state index in [1.807, 2.05) is 18.3 Å². The minimum absolute atomic E-state index is 0.0329. The molecule has 0 atom stereocenters. The van der Waals surface area contributed by atoms with Crippen molar-refractivity contribution >= 4 is 17.6 Å². The van der Waals surface area contributed by atoms with Crippen molar-refractivity contribution in [2.45, 2.75) is 65.5 Å². The standard InChI is InChI=1S/C20H30N4O2/c1-5-6-7-8-16-17(14-21-20(2,3)4)24-12-11-15(13-18(24)22-16)9-10-19(25)23-26/h9-13,21,26H,5-8,14H2,1-4H3,(H,23,25)/b10-9+. The Morgan fingerprint density at radius 1 is 1.35 bits per heavy atom. The summed E-state index contributed by atoms with van der Waals surface area (Å²) in [5, 5.41) is 12.1. The van der Waals surface area contributed by atoms with Crippen LogP contribution in [0.2, 0.25) is 0 Å². The fourth-order valence-corrected chi connectivity index (χ4v) is 2.75. The summed E-state index contributed by atoms with van der Waals surface area (Å²) in [5.41, 5.74) is 5.67. The zero-order chi connectivity index (χ0) is 19.2. The van der Waals surface area contributed by atoms with Gasteiger partial charge in [0.2, 0.25) is 0 Å². The number of pyridine rings is 1. The summed E-state index contributed by atoms with van der Waals surface area (Å²) in [6.45, 7) is 9.42. The Bertz CT molecular complexity index is 772. The molecule has 2 aromatic rings. The first kappa shape index (κ1) is 20.1. The maximum atomic E-state index is 11.2. The summed E-state index contributed by atoms with van der Waals surface area (Å²) >= 11 is 0. The highest BCUT2D eigenvalue weighted by molar-refractivity contribution is 5.90. The number of hydrogen-bond donors (Lipinski definition) is 3. The van der Waals surface area contributed by atoms with E-state index in [9.17, 15) is 4.79 Å². The first-order valence-electron chi connectivity index (χ1n) is 9.21. The van der Waals surface area contributed by atoms with Crippen LogP contribution in [0.15, 0.2) is 24.4 Å². The molecule has 0 aliphatic rings. The average molecular weight is 358 g/mol. The quantitative estimate of drug-likeness (QED) is 0.292. The predicted molar refractivity (Wildman–Crippen MR) is 104 cm³/mol. The van der Waals surface area contributed by atoms with E-state index in [2.05, 4.69) is 37.4 Å². The van der Waals surface area contributed by atoms with Gasteiger partial charge in [0, 0.05) is 24.4 Å². The van der Waals surface area contributed by atoms with E-state index in [1.54, 1.807) is 11.6 Å². The number of rotatable bonds is 8. The molecule has 0 saturated carbocycles. The fraction of sp³-hybridized carbons (Fsp3) is 0.500. The highest BCUT2D eigenvalue weighted by atomic mass is 16.5. The van der Waals surface area contributed by atoms with Crippen LogP contribution in [0, 0.1) is 0 Å². The van der Waals surface area contributed by atoms with Crippen LogP contribution >= 0.6 is 0 Å². The van der Waals surface area contributed by atoms with Crippen LogP contribution in [0.5, 0.6) is 0 Å². The van der Waals surface area contributed by atoms with Crippen molar-refractivity contribution in [1.82, 2.24) is 20.2 Å². The Morgan fingerprint density at radius 2 is 2.12 bits per heavy atom. The Labute approximate surface area is 155 Å². The Morgan fingerprint density at radius 3 is 2.77 bits per heavy atom. The number of hydroxylamine groups is 1. The third-order valence-electron chi connectivity index (χ3n) is 4.17. The van der Waals surface area contributed by atoms with Crippen molar-refractivity contribution in [2.24, 2.45) is 0 Å². The van der Waals surface area contributed by atoms with Crippen LogP contribution in [0.4, 0.5) is 0 Å². The molecule has 0 bridgehead atoms. The van der Waals surface area contributed by atoms with Gasteiger partial charge < -0.3 is 9.72 Å². The van der Waals surface area contributed by atoms with E-state index >= 15 is 0 Å². The normalized spacial score (nSPS) is 12.2. The first-order chi connectivity index (χ1) is 12.3. The van der Waals surface area contributed by atoms with Gasteiger partial charge in [0.05, 0.1) is 11.4 Å². The highest BCUT2D eigenvalue weighted by Gasteiger charge is 2.15. The van der Waals surface area contributed by atoms with Crippen LogP contribution in [0.1, 0.15) is 63.9 Å². The first-order valence-corrected chi connectivity index (χ1v) is 9.21. The zero-order valence-corrected chi connectivity index (χ0v) is 16.2. The molecule has 0 spiro atoms. The largest absolute Gasteiger partial charge is 0.306 e. The Hall–Kier alpha value is -2.18. The molecule has 3 N–H and O–H groups in total. The van der Waals surface area contributed by atoms with E-state index in [0.29, 0.717) is 0 Å². The molecule has 2 heterocycles. The summed E-state index contributed by atoms with van der Waals surface area (Å²) in [7, 11) is 0. The van der Waals surface area contributed by atoms with E-state index < -0.39 is 5.91 Å². The van der Waals surface area contributed by atoms with Gasteiger partial charge >= 0.3 is 0 Å². The minimum atomic E-state index is -0.552. The topological polar surface area (TPSA) is 78.7 Å². The number of aryl methyl sites for hydroxylation is 1. The molecule has 0 aliphatic heterocycles. The smallest absolute Gasteiger partial charge is 0.267 e. The molecule has 142 valence electrons. The molecule has 0 fully saturated rings. The molecule has 1 amide bonds. The molecule has 0 aliphatic carbocycles. The lowest BCUT2D eigenvalue weighted by Gasteiger charge is -2.20. The number of hydrogen-bond acceptors (Lipinski definition) is 4. The van der Waals surface area contributed by atoms with Crippen LogP contribution in [0.25, 0.3) is 11.7 Å².